The summed E-state index contributed by atoms with van der Waals surface area (Å²) in [5.74, 6) is 0.994. The van der Waals surface area contributed by atoms with Gasteiger partial charge in [0.2, 0.25) is 5.91 Å². The van der Waals surface area contributed by atoms with Crippen LogP contribution in [0.1, 0.15) is 32.3 Å². The van der Waals surface area contributed by atoms with Gasteiger partial charge in [0.25, 0.3) is 0 Å². The number of aliphatic hydroxyl groups is 1. The van der Waals surface area contributed by atoms with Gasteiger partial charge in [0.1, 0.15) is 5.75 Å². The maximum atomic E-state index is 12.8. The van der Waals surface area contributed by atoms with Crippen LogP contribution in [0.5, 0.6) is 5.75 Å². The number of methoxy groups -OCH3 is 1. The molecule has 1 heterocycles. The molecule has 1 N–H and O–H groups in total. The van der Waals surface area contributed by atoms with Gasteiger partial charge in [-0.15, -0.1) is 0 Å². The zero-order chi connectivity index (χ0) is 16.8. The van der Waals surface area contributed by atoms with Crippen molar-refractivity contribution in [2.45, 2.75) is 45.3 Å². The van der Waals surface area contributed by atoms with Crippen LogP contribution in [0.4, 0.5) is 0 Å². The third-order valence-corrected chi connectivity index (χ3v) is 4.46. The summed E-state index contributed by atoms with van der Waals surface area (Å²) in [6.45, 7) is 6.07. The normalized spacial score (nSPS) is 18.8. The van der Waals surface area contributed by atoms with Crippen molar-refractivity contribution in [2.75, 3.05) is 26.8 Å². The molecule has 1 saturated heterocycles. The largest absolute Gasteiger partial charge is 0.496 e. The van der Waals surface area contributed by atoms with Crippen LogP contribution >= 0.6 is 0 Å². The Bertz CT molecular complexity index is 519. The number of amides is 1. The molecule has 0 aromatic heterocycles. The third kappa shape index (κ3) is 4.24. The van der Waals surface area contributed by atoms with Crippen LogP contribution in [0, 0.1) is 0 Å². The molecule has 0 bridgehead atoms. The Labute approximate surface area is 138 Å². The van der Waals surface area contributed by atoms with E-state index >= 15 is 0 Å². The average molecular weight is 320 g/mol. The molecule has 5 nitrogen and oxygen atoms in total. The zero-order valence-corrected chi connectivity index (χ0v) is 14.4. The number of piperidine rings is 1. The first kappa shape index (κ1) is 17.8. The summed E-state index contributed by atoms with van der Waals surface area (Å²) in [6.07, 6.45) is 1.85. The molecule has 0 spiro atoms. The minimum absolute atomic E-state index is 0.0423. The number of carbonyl (C=O) groups is 1. The fraction of sp³-hybridized carbons (Fsp3) is 0.611. The molecule has 128 valence electrons. The Hall–Kier alpha value is -1.59. The van der Waals surface area contributed by atoms with Gasteiger partial charge in [-0.25, -0.2) is 0 Å². The SMILES string of the molecule is COc1ccccc1CN(CCO)C1CCCN(C(C)C)C1=O. The van der Waals surface area contributed by atoms with Crippen LogP contribution in [0.25, 0.3) is 0 Å². The van der Waals surface area contributed by atoms with Crippen molar-refractivity contribution in [3.8, 4) is 5.75 Å². The zero-order valence-electron chi connectivity index (χ0n) is 14.4. The van der Waals surface area contributed by atoms with Crippen molar-refractivity contribution in [3.05, 3.63) is 29.8 Å². The molecular formula is C18H28N2O3. The lowest BCUT2D eigenvalue weighted by atomic mass is 10.0. The standard InChI is InChI=1S/C18H28N2O3/c1-14(2)20-10-6-8-16(18(20)22)19(11-12-21)13-15-7-4-5-9-17(15)23-3/h4-5,7,9,14,16,21H,6,8,10-13H2,1-3H3. The predicted octanol–water partition coefficient (Wildman–Crippen LogP) is 1.89. The van der Waals surface area contributed by atoms with Gasteiger partial charge >= 0.3 is 0 Å². The molecule has 1 aliphatic rings. The van der Waals surface area contributed by atoms with E-state index in [9.17, 15) is 9.90 Å². The summed E-state index contributed by atoms with van der Waals surface area (Å²) in [6, 6.07) is 7.89. The van der Waals surface area contributed by atoms with E-state index in [0.717, 1.165) is 30.7 Å². The van der Waals surface area contributed by atoms with Crippen molar-refractivity contribution < 1.29 is 14.6 Å². The van der Waals surface area contributed by atoms with E-state index in [1.165, 1.54) is 0 Å². The molecule has 23 heavy (non-hydrogen) atoms. The van der Waals surface area contributed by atoms with Gasteiger partial charge in [-0.05, 0) is 32.8 Å². The fourth-order valence-electron chi connectivity index (χ4n) is 3.26. The highest BCUT2D eigenvalue weighted by Crippen LogP contribution is 2.24. The van der Waals surface area contributed by atoms with E-state index in [1.807, 2.05) is 29.2 Å². The summed E-state index contributed by atoms with van der Waals surface area (Å²) >= 11 is 0. The van der Waals surface area contributed by atoms with E-state index in [-0.39, 0.29) is 24.6 Å². The topological polar surface area (TPSA) is 53.0 Å². The number of hydrogen-bond acceptors (Lipinski definition) is 4. The summed E-state index contributed by atoms with van der Waals surface area (Å²) in [5, 5.41) is 9.44. The van der Waals surface area contributed by atoms with E-state index in [2.05, 4.69) is 18.7 Å². The smallest absolute Gasteiger partial charge is 0.240 e. The Balaban J connectivity index is 2.18. The molecule has 0 radical (unpaired) electrons. The number of benzene rings is 1. The Kier molecular flexibility index (Phi) is 6.42. The maximum absolute atomic E-state index is 12.8. The number of aliphatic hydroxyl groups excluding tert-OH is 1. The molecule has 1 unspecified atom stereocenters. The van der Waals surface area contributed by atoms with Crippen LogP contribution in [-0.2, 0) is 11.3 Å². The van der Waals surface area contributed by atoms with E-state index in [4.69, 9.17) is 4.74 Å². The highest BCUT2D eigenvalue weighted by atomic mass is 16.5. The summed E-state index contributed by atoms with van der Waals surface area (Å²) < 4.78 is 5.41. The number of nitrogens with zero attached hydrogens (tertiary/aromatic N) is 2. The van der Waals surface area contributed by atoms with Crippen LogP contribution in [-0.4, -0.2) is 59.7 Å². The highest BCUT2D eigenvalue weighted by Gasteiger charge is 2.34. The van der Waals surface area contributed by atoms with Gasteiger partial charge in [0, 0.05) is 31.2 Å². The van der Waals surface area contributed by atoms with Gasteiger partial charge < -0.3 is 14.7 Å². The molecular weight excluding hydrogens is 292 g/mol. The molecule has 0 saturated carbocycles. The number of carbonyl (C=O) groups excluding carboxylic acids is 1. The molecule has 1 fully saturated rings. The van der Waals surface area contributed by atoms with Crippen LogP contribution in [0.3, 0.4) is 0 Å². The molecule has 1 aliphatic heterocycles. The number of hydrogen-bond donors (Lipinski definition) is 1. The second-order valence-electron chi connectivity index (χ2n) is 6.29. The lowest BCUT2D eigenvalue weighted by Crippen LogP contribution is -2.54. The third-order valence-electron chi connectivity index (χ3n) is 4.46. The second-order valence-corrected chi connectivity index (χ2v) is 6.29. The van der Waals surface area contributed by atoms with Gasteiger partial charge in [-0.1, -0.05) is 18.2 Å². The molecule has 1 aromatic rings. The summed E-state index contributed by atoms with van der Waals surface area (Å²) in [7, 11) is 1.65. The average Bonchev–Trinajstić information content (AvgIpc) is 2.55. The highest BCUT2D eigenvalue weighted by molar-refractivity contribution is 5.82. The van der Waals surface area contributed by atoms with E-state index in [1.54, 1.807) is 7.11 Å². The lowest BCUT2D eigenvalue weighted by Gasteiger charge is -2.40. The van der Waals surface area contributed by atoms with Gasteiger partial charge in [0.05, 0.1) is 19.8 Å². The first-order valence-electron chi connectivity index (χ1n) is 8.35. The Morgan fingerprint density at radius 1 is 1.39 bits per heavy atom. The van der Waals surface area contributed by atoms with Gasteiger partial charge in [0.15, 0.2) is 0 Å². The second kappa shape index (κ2) is 8.31. The van der Waals surface area contributed by atoms with E-state index < -0.39 is 0 Å². The first-order valence-corrected chi connectivity index (χ1v) is 8.35. The number of para-hydroxylation sites is 1. The van der Waals surface area contributed by atoms with Crippen molar-refractivity contribution in [1.29, 1.82) is 0 Å². The first-order chi connectivity index (χ1) is 11.1. The Morgan fingerprint density at radius 3 is 2.78 bits per heavy atom. The maximum Gasteiger partial charge on any atom is 0.240 e. The van der Waals surface area contributed by atoms with Gasteiger partial charge in [-0.2, -0.15) is 0 Å². The van der Waals surface area contributed by atoms with Crippen molar-refractivity contribution >= 4 is 5.91 Å². The van der Waals surface area contributed by atoms with Crippen LogP contribution < -0.4 is 4.74 Å². The number of rotatable bonds is 7. The minimum atomic E-state index is -0.164. The minimum Gasteiger partial charge on any atom is -0.496 e. The monoisotopic (exact) mass is 320 g/mol. The van der Waals surface area contributed by atoms with Crippen LogP contribution in [0.15, 0.2) is 24.3 Å². The number of likely N-dealkylation sites (tertiary alicyclic amines) is 1. The summed E-state index contributed by atoms with van der Waals surface area (Å²) in [4.78, 5) is 16.8. The Morgan fingerprint density at radius 2 is 2.13 bits per heavy atom. The lowest BCUT2D eigenvalue weighted by molar-refractivity contribution is -0.142. The van der Waals surface area contributed by atoms with Crippen molar-refractivity contribution in [3.63, 3.8) is 0 Å². The molecule has 1 amide bonds. The predicted molar refractivity (Wildman–Crippen MR) is 90.4 cm³/mol. The quantitative estimate of drug-likeness (QED) is 0.833. The van der Waals surface area contributed by atoms with Crippen molar-refractivity contribution in [1.82, 2.24) is 9.80 Å². The molecule has 1 aromatic carbocycles. The fourth-order valence-corrected chi connectivity index (χ4v) is 3.26. The van der Waals surface area contributed by atoms with E-state index in [0.29, 0.717) is 13.1 Å². The molecule has 2 rings (SSSR count). The molecule has 1 atom stereocenters. The molecule has 0 aliphatic carbocycles. The molecule has 5 heteroatoms. The van der Waals surface area contributed by atoms with Gasteiger partial charge in [-0.3, -0.25) is 9.69 Å². The van der Waals surface area contributed by atoms with Crippen LogP contribution in [0.2, 0.25) is 0 Å². The number of ether oxygens (including phenoxy) is 1. The summed E-state index contributed by atoms with van der Waals surface area (Å²) in [5.41, 5.74) is 1.04. The van der Waals surface area contributed by atoms with Crippen molar-refractivity contribution in [2.24, 2.45) is 0 Å².